The van der Waals surface area contributed by atoms with Crippen molar-refractivity contribution in [3.05, 3.63) is 29.8 Å². The van der Waals surface area contributed by atoms with Gasteiger partial charge in [0.15, 0.2) is 6.29 Å². The number of aryl methyl sites for hydroxylation is 1. The normalized spacial score (nSPS) is 20.2. The zero-order chi connectivity index (χ0) is 11.9. The van der Waals surface area contributed by atoms with Crippen LogP contribution in [0.3, 0.4) is 0 Å². The second-order valence-electron chi connectivity index (χ2n) is 4.35. The van der Waals surface area contributed by atoms with Crippen molar-refractivity contribution in [3.63, 3.8) is 0 Å². The molecule has 2 rings (SSSR count). The molecule has 1 aromatic rings. The van der Waals surface area contributed by atoms with E-state index in [4.69, 9.17) is 14.6 Å². The summed E-state index contributed by atoms with van der Waals surface area (Å²) in [6, 6.07) is 8.00. The quantitative estimate of drug-likeness (QED) is 0.853. The number of ether oxygens (including phenoxy) is 2. The van der Waals surface area contributed by atoms with E-state index in [9.17, 15) is 0 Å². The van der Waals surface area contributed by atoms with Crippen molar-refractivity contribution in [1.29, 1.82) is 0 Å². The molecule has 0 amide bonds. The summed E-state index contributed by atoms with van der Waals surface area (Å²) in [6.07, 6.45) is 4.79. The second-order valence-corrected chi connectivity index (χ2v) is 4.35. The van der Waals surface area contributed by atoms with Crippen molar-refractivity contribution in [3.8, 4) is 5.75 Å². The number of aliphatic hydroxyl groups excluding tert-OH is 1. The van der Waals surface area contributed by atoms with Crippen LogP contribution in [-0.4, -0.2) is 24.6 Å². The van der Waals surface area contributed by atoms with Crippen LogP contribution in [0.25, 0.3) is 0 Å². The van der Waals surface area contributed by atoms with Crippen molar-refractivity contribution >= 4 is 0 Å². The number of hydrogen-bond donors (Lipinski definition) is 1. The minimum Gasteiger partial charge on any atom is -0.465 e. The monoisotopic (exact) mass is 236 g/mol. The zero-order valence-corrected chi connectivity index (χ0v) is 10.1. The average Bonchev–Trinajstić information content (AvgIpc) is 2.39. The third-order valence-corrected chi connectivity index (χ3v) is 2.97. The third kappa shape index (κ3) is 3.72. The van der Waals surface area contributed by atoms with Crippen LogP contribution in [0, 0.1) is 0 Å². The molecule has 0 aliphatic carbocycles. The average molecular weight is 236 g/mol. The van der Waals surface area contributed by atoms with Gasteiger partial charge in [0, 0.05) is 13.0 Å². The molecule has 0 radical (unpaired) electrons. The van der Waals surface area contributed by atoms with Gasteiger partial charge in [-0.1, -0.05) is 18.2 Å². The van der Waals surface area contributed by atoms with Crippen molar-refractivity contribution in [2.75, 3.05) is 13.2 Å². The molecule has 1 heterocycles. The highest BCUT2D eigenvalue weighted by molar-refractivity contribution is 5.33. The number of benzene rings is 1. The maximum absolute atomic E-state index is 8.87. The van der Waals surface area contributed by atoms with Gasteiger partial charge in [-0.3, -0.25) is 0 Å². The van der Waals surface area contributed by atoms with Gasteiger partial charge >= 0.3 is 0 Å². The van der Waals surface area contributed by atoms with E-state index in [-0.39, 0.29) is 12.9 Å². The molecule has 0 saturated carbocycles. The molecule has 3 heteroatoms. The molecule has 1 aliphatic heterocycles. The van der Waals surface area contributed by atoms with Crippen LogP contribution in [0.1, 0.15) is 31.2 Å². The van der Waals surface area contributed by atoms with Gasteiger partial charge in [0.05, 0.1) is 6.61 Å². The molecule has 1 fully saturated rings. The van der Waals surface area contributed by atoms with Crippen LogP contribution >= 0.6 is 0 Å². The van der Waals surface area contributed by atoms with Gasteiger partial charge in [-0.2, -0.15) is 0 Å². The van der Waals surface area contributed by atoms with Crippen LogP contribution in [0.4, 0.5) is 0 Å². The van der Waals surface area contributed by atoms with E-state index < -0.39 is 0 Å². The summed E-state index contributed by atoms with van der Waals surface area (Å²) in [5.74, 6) is 0.896. The summed E-state index contributed by atoms with van der Waals surface area (Å²) in [4.78, 5) is 0. The minimum atomic E-state index is -0.0981. The van der Waals surface area contributed by atoms with E-state index >= 15 is 0 Å². The maximum atomic E-state index is 8.87. The first-order chi connectivity index (χ1) is 8.40. The molecule has 0 spiro atoms. The van der Waals surface area contributed by atoms with E-state index in [1.165, 1.54) is 6.42 Å². The van der Waals surface area contributed by atoms with Gasteiger partial charge in [-0.25, -0.2) is 0 Å². The lowest BCUT2D eigenvalue weighted by Gasteiger charge is -2.24. The first kappa shape index (κ1) is 12.4. The van der Waals surface area contributed by atoms with Crippen LogP contribution < -0.4 is 4.74 Å². The van der Waals surface area contributed by atoms with Crippen molar-refractivity contribution in [1.82, 2.24) is 0 Å². The summed E-state index contributed by atoms with van der Waals surface area (Å²) in [5, 5.41) is 8.87. The molecular formula is C14H20O3. The van der Waals surface area contributed by atoms with Crippen LogP contribution in [0.2, 0.25) is 0 Å². The lowest BCUT2D eigenvalue weighted by atomic mass is 10.1. The fourth-order valence-electron chi connectivity index (χ4n) is 2.04. The first-order valence-corrected chi connectivity index (χ1v) is 6.37. The Kier molecular flexibility index (Phi) is 4.83. The smallest absolute Gasteiger partial charge is 0.199 e. The molecule has 17 heavy (non-hydrogen) atoms. The Balaban J connectivity index is 1.98. The third-order valence-electron chi connectivity index (χ3n) is 2.97. The summed E-state index contributed by atoms with van der Waals surface area (Å²) >= 11 is 0. The van der Waals surface area contributed by atoms with E-state index in [2.05, 4.69) is 0 Å². The molecule has 3 nitrogen and oxygen atoms in total. The Labute approximate surface area is 102 Å². The topological polar surface area (TPSA) is 38.7 Å². The molecule has 1 aromatic carbocycles. The largest absolute Gasteiger partial charge is 0.465 e. The van der Waals surface area contributed by atoms with Gasteiger partial charge in [0.2, 0.25) is 0 Å². The Hall–Kier alpha value is -1.06. The first-order valence-electron chi connectivity index (χ1n) is 6.37. The second kappa shape index (κ2) is 6.62. The van der Waals surface area contributed by atoms with E-state index in [1.54, 1.807) is 0 Å². The molecule has 1 N–H and O–H groups in total. The fraction of sp³-hybridized carbons (Fsp3) is 0.571. The molecule has 1 unspecified atom stereocenters. The standard InChI is InChI=1S/C14H20O3/c15-10-5-7-12-6-1-2-8-13(12)17-14-9-3-4-11-16-14/h1-2,6,8,14-15H,3-5,7,9-11H2. The summed E-state index contributed by atoms with van der Waals surface area (Å²) < 4.78 is 11.4. The van der Waals surface area contributed by atoms with Gasteiger partial charge < -0.3 is 14.6 Å². The molecule has 0 aromatic heterocycles. The summed E-state index contributed by atoms with van der Waals surface area (Å²) in [5.41, 5.74) is 1.15. The Bertz CT molecular complexity index is 332. The lowest BCUT2D eigenvalue weighted by Crippen LogP contribution is -2.25. The lowest BCUT2D eigenvalue weighted by molar-refractivity contribution is -0.106. The molecule has 1 aliphatic rings. The van der Waals surface area contributed by atoms with E-state index in [0.29, 0.717) is 0 Å². The van der Waals surface area contributed by atoms with Crippen molar-refractivity contribution in [2.45, 2.75) is 38.4 Å². The Morgan fingerprint density at radius 1 is 1.29 bits per heavy atom. The SMILES string of the molecule is OCCCc1ccccc1OC1CCCCO1. The van der Waals surface area contributed by atoms with Gasteiger partial charge in [0.25, 0.3) is 0 Å². The van der Waals surface area contributed by atoms with Crippen molar-refractivity contribution < 1.29 is 14.6 Å². The minimum absolute atomic E-state index is 0.0981. The van der Waals surface area contributed by atoms with Gasteiger partial charge in [-0.05, 0) is 37.3 Å². The van der Waals surface area contributed by atoms with E-state index in [1.807, 2.05) is 24.3 Å². The predicted octanol–water partition coefficient (Wildman–Crippen LogP) is 2.52. The van der Waals surface area contributed by atoms with Crippen LogP contribution in [0.5, 0.6) is 5.75 Å². The number of aliphatic hydroxyl groups is 1. The molecular weight excluding hydrogens is 216 g/mol. The van der Waals surface area contributed by atoms with Crippen molar-refractivity contribution in [2.24, 2.45) is 0 Å². The summed E-state index contributed by atoms with van der Waals surface area (Å²) in [7, 11) is 0. The fourth-order valence-corrected chi connectivity index (χ4v) is 2.04. The Morgan fingerprint density at radius 2 is 2.18 bits per heavy atom. The number of para-hydroxylation sites is 1. The Morgan fingerprint density at radius 3 is 2.94 bits per heavy atom. The highest BCUT2D eigenvalue weighted by Gasteiger charge is 2.16. The highest BCUT2D eigenvalue weighted by atomic mass is 16.7. The molecule has 0 bridgehead atoms. The number of rotatable bonds is 5. The maximum Gasteiger partial charge on any atom is 0.199 e. The molecule has 1 saturated heterocycles. The predicted molar refractivity (Wildman–Crippen MR) is 66.1 cm³/mol. The number of hydrogen-bond acceptors (Lipinski definition) is 3. The van der Waals surface area contributed by atoms with Gasteiger partial charge in [0.1, 0.15) is 5.75 Å². The van der Waals surface area contributed by atoms with Gasteiger partial charge in [-0.15, -0.1) is 0 Å². The highest BCUT2D eigenvalue weighted by Crippen LogP contribution is 2.24. The van der Waals surface area contributed by atoms with E-state index in [0.717, 1.165) is 43.6 Å². The molecule has 1 atom stereocenters. The van der Waals surface area contributed by atoms with Crippen LogP contribution in [0.15, 0.2) is 24.3 Å². The summed E-state index contributed by atoms with van der Waals surface area (Å²) in [6.45, 7) is 1.01. The zero-order valence-electron chi connectivity index (χ0n) is 10.1. The molecule has 94 valence electrons. The van der Waals surface area contributed by atoms with Crippen LogP contribution in [-0.2, 0) is 11.2 Å².